The molecule has 1 N–H and O–H groups in total. The number of pyridine rings is 1. The van der Waals surface area contributed by atoms with Crippen molar-refractivity contribution < 1.29 is 19.2 Å². The maximum absolute atomic E-state index is 12.2. The number of ether oxygens (including phenoxy) is 1. The maximum atomic E-state index is 12.2. The van der Waals surface area contributed by atoms with Crippen LogP contribution in [0.3, 0.4) is 0 Å². The van der Waals surface area contributed by atoms with Crippen molar-refractivity contribution in [3.05, 3.63) is 52.2 Å². The van der Waals surface area contributed by atoms with E-state index >= 15 is 0 Å². The minimum Gasteiger partial charge on any atom is -0.482 e. The standard InChI is InChI=1S/C16H14N4O5/c1-10-4-5-17-14(6-10)18-15(21)8-19-12-7-11(20(23)24)2-3-13(12)25-9-16(19)22/h2-7H,8-9H2,1H3,(H,17,18,21). The number of amides is 2. The van der Waals surface area contributed by atoms with Crippen LogP contribution in [-0.4, -0.2) is 34.9 Å². The molecule has 0 saturated heterocycles. The number of hydrogen-bond acceptors (Lipinski definition) is 6. The number of benzene rings is 1. The number of nitrogens with one attached hydrogen (secondary N) is 1. The van der Waals surface area contributed by atoms with Crippen LogP contribution < -0.4 is 15.0 Å². The second-order valence-corrected chi connectivity index (χ2v) is 5.44. The predicted octanol–water partition coefficient (Wildman–Crippen LogP) is 1.66. The fourth-order valence-electron chi connectivity index (χ4n) is 2.41. The highest BCUT2D eigenvalue weighted by molar-refractivity contribution is 6.05. The second kappa shape index (κ2) is 6.56. The number of nitrogens with zero attached hydrogens (tertiary/aromatic N) is 3. The lowest BCUT2D eigenvalue weighted by molar-refractivity contribution is -0.384. The summed E-state index contributed by atoms with van der Waals surface area (Å²) in [5.74, 6) is -0.247. The van der Waals surface area contributed by atoms with Gasteiger partial charge in [-0.2, -0.15) is 0 Å². The molecule has 0 bridgehead atoms. The summed E-state index contributed by atoms with van der Waals surface area (Å²) in [4.78, 5) is 39.9. The number of anilines is 2. The van der Waals surface area contributed by atoms with E-state index in [0.29, 0.717) is 11.6 Å². The van der Waals surface area contributed by atoms with E-state index in [2.05, 4.69) is 10.3 Å². The molecule has 2 amide bonds. The smallest absolute Gasteiger partial charge is 0.271 e. The number of non-ortho nitro benzene ring substituents is 1. The molecule has 0 atom stereocenters. The van der Waals surface area contributed by atoms with Gasteiger partial charge in [0.05, 0.1) is 10.6 Å². The Balaban J connectivity index is 1.82. The van der Waals surface area contributed by atoms with Crippen LogP contribution >= 0.6 is 0 Å². The largest absolute Gasteiger partial charge is 0.482 e. The van der Waals surface area contributed by atoms with Gasteiger partial charge in [0.2, 0.25) is 5.91 Å². The summed E-state index contributed by atoms with van der Waals surface area (Å²) in [5, 5.41) is 13.5. The molecule has 2 aromatic rings. The molecule has 1 aromatic heterocycles. The van der Waals surface area contributed by atoms with Crippen molar-refractivity contribution >= 4 is 29.0 Å². The number of carbonyl (C=O) groups excluding carboxylic acids is 2. The fourth-order valence-corrected chi connectivity index (χ4v) is 2.41. The quantitative estimate of drug-likeness (QED) is 0.667. The fraction of sp³-hybridized carbons (Fsp3) is 0.188. The van der Waals surface area contributed by atoms with Crippen molar-refractivity contribution in [3.63, 3.8) is 0 Å². The maximum Gasteiger partial charge on any atom is 0.271 e. The van der Waals surface area contributed by atoms with Gasteiger partial charge in [-0.15, -0.1) is 0 Å². The van der Waals surface area contributed by atoms with Crippen molar-refractivity contribution in [2.75, 3.05) is 23.4 Å². The van der Waals surface area contributed by atoms with Crippen LogP contribution in [0.5, 0.6) is 5.75 Å². The molecule has 2 heterocycles. The van der Waals surface area contributed by atoms with Gasteiger partial charge in [0, 0.05) is 18.3 Å². The molecule has 1 aromatic carbocycles. The van der Waals surface area contributed by atoms with Crippen molar-refractivity contribution in [1.29, 1.82) is 0 Å². The molecular formula is C16H14N4O5. The Morgan fingerprint density at radius 1 is 1.40 bits per heavy atom. The SMILES string of the molecule is Cc1ccnc(NC(=O)CN2C(=O)COc3ccc([N+](=O)[O-])cc32)c1. The van der Waals surface area contributed by atoms with Gasteiger partial charge >= 0.3 is 0 Å². The summed E-state index contributed by atoms with van der Waals surface area (Å²) >= 11 is 0. The van der Waals surface area contributed by atoms with Crippen LogP contribution in [0.1, 0.15) is 5.56 Å². The molecule has 9 nitrogen and oxygen atoms in total. The summed E-state index contributed by atoms with van der Waals surface area (Å²) in [5.41, 5.74) is 0.925. The van der Waals surface area contributed by atoms with Crippen LogP contribution in [0.15, 0.2) is 36.5 Å². The molecule has 9 heteroatoms. The van der Waals surface area contributed by atoms with Crippen LogP contribution in [0.25, 0.3) is 0 Å². The van der Waals surface area contributed by atoms with Gasteiger partial charge < -0.3 is 10.1 Å². The minimum absolute atomic E-state index is 0.192. The molecular weight excluding hydrogens is 328 g/mol. The lowest BCUT2D eigenvalue weighted by atomic mass is 10.2. The zero-order valence-electron chi connectivity index (χ0n) is 13.3. The zero-order chi connectivity index (χ0) is 18.0. The summed E-state index contributed by atoms with van der Waals surface area (Å²) < 4.78 is 5.26. The summed E-state index contributed by atoms with van der Waals surface area (Å²) in [6.07, 6.45) is 1.56. The first kappa shape index (κ1) is 16.4. The van der Waals surface area contributed by atoms with Crippen molar-refractivity contribution in [1.82, 2.24) is 4.98 Å². The van der Waals surface area contributed by atoms with Crippen LogP contribution in [0.4, 0.5) is 17.2 Å². The van der Waals surface area contributed by atoms with Crippen LogP contribution in [0, 0.1) is 17.0 Å². The Kier molecular flexibility index (Phi) is 4.29. The first-order valence-corrected chi connectivity index (χ1v) is 7.38. The zero-order valence-corrected chi connectivity index (χ0v) is 13.3. The summed E-state index contributed by atoms with van der Waals surface area (Å²) in [6.45, 7) is 1.32. The Labute approximate surface area is 142 Å². The number of aryl methyl sites for hydroxylation is 1. The number of nitro benzene ring substituents is 1. The lowest BCUT2D eigenvalue weighted by Crippen LogP contribution is -2.43. The van der Waals surface area contributed by atoms with E-state index in [4.69, 9.17) is 4.74 Å². The summed E-state index contributed by atoms with van der Waals surface area (Å²) in [6, 6.07) is 7.38. The number of fused-ring (bicyclic) bond motifs is 1. The van der Waals surface area contributed by atoms with Crippen LogP contribution in [-0.2, 0) is 9.59 Å². The first-order chi connectivity index (χ1) is 11.9. The number of aromatic nitrogens is 1. The van der Waals surface area contributed by atoms with Crippen molar-refractivity contribution in [2.45, 2.75) is 6.92 Å². The molecule has 0 saturated carbocycles. The normalized spacial score (nSPS) is 13.0. The molecule has 25 heavy (non-hydrogen) atoms. The lowest BCUT2D eigenvalue weighted by Gasteiger charge is -2.28. The van der Waals surface area contributed by atoms with E-state index in [0.717, 1.165) is 10.5 Å². The number of hydrogen-bond donors (Lipinski definition) is 1. The topological polar surface area (TPSA) is 115 Å². The van der Waals surface area contributed by atoms with E-state index < -0.39 is 16.7 Å². The molecule has 1 aliphatic rings. The molecule has 128 valence electrons. The van der Waals surface area contributed by atoms with Gasteiger partial charge in [0.1, 0.15) is 18.1 Å². The number of rotatable bonds is 4. The average molecular weight is 342 g/mol. The van der Waals surface area contributed by atoms with E-state index in [1.165, 1.54) is 18.2 Å². The third-order valence-electron chi connectivity index (χ3n) is 3.58. The van der Waals surface area contributed by atoms with Gasteiger partial charge in [-0.05, 0) is 30.7 Å². The molecule has 3 rings (SSSR count). The average Bonchev–Trinajstić information content (AvgIpc) is 2.57. The number of carbonyl (C=O) groups is 2. The highest BCUT2D eigenvalue weighted by Crippen LogP contribution is 2.35. The Bertz CT molecular complexity index is 867. The summed E-state index contributed by atoms with van der Waals surface area (Å²) in [7, 11) is 0. The molecule has 0 unspecified atom stereocenters. The monoisotopic (exact) mass is 342 g/mol. The molecule has 0 spiro atoms. The van der Waals surface area contributed by atoms with Gasteiger partial charge in [-0.1, -0.05) is 0 Å². The van der Waals surface area contributed by atoms with Crippen molar-refractivity contribution in [2.24, 2.45) is 0 Å². The third kappa shape index (κ3) is 3.55. The Morgan fingerprint density at radius 2 is 2.20 bits per heavy atom. The van der Waals surface area contributed by atoms with Gasteiger partial charge in [0.25, 0.3) is 11.6 Å². The van der Waals surface area contributed by atoms with Crippen LogP contribution in [0.2, 0.25) is 0 Å². The molecule has 0 radical (unpaired) electrons. The van der Waals surface area contributed by atoms with E-state index in [9.17, 15) is 19.7 Å². The second-order valence-electron chi connectivity index (χ2n) is 5.44. The highest BCUT2D eigenvalue weighted by Gasteiger charge is 2.29. The molecule has 0 aliphatic carbocycles. The number of nitro groups is 1. The minimum atomic E-state index is -0.575. The predicted molar refractivity (Wildman–Crippen MR) is 88.5 cm³/mol. The molecule has 1 aliphatic heterocycles. The van der Waals surface area contributed by atoms with Gasteiger partial charge in [-0.3, -0.25) is 24.6 Å². The van der Waals surface area contributed by atoms with E-state index in [1.807, 2.05) is 6.92 Å². The van der Waals surface area contributed by atoms with Gasteiger partial charge in [-0.25, -0.2) is 4.98 Å². The Hall–Kier alpha value is -3.49. The third-order valence-corrected chi connectivity index (χ3v) is 3.58. The Morgan fingerprint density at radius 3 is 2.92 bits per heavy atom. The van der Waals surface area contributed by atoms with E-state index in [-0.39, 0.29) is 24.5 Å². The van der Waals surface area contributed by atoms with Gasteiger partial charge in [0.15, 0.2) is 6.61 Å². The molecule has 0 fully saturated rings. The first-order valence-electron chi connectivity index (χ1n) is 7.38. The van der Waals surface area contributed by atoms with Crippen molar-refractivity contribution in [3.8, 4) is 5.75 Å². The van der Waals surface area contributed by atoms with E-state index in [1.54, 1.807) is 18.3 Å². The highest BCUT2D eigenvalue weighted by atomic mass is 16.6.